The molecular formula is C15H15BrN2O4S. The average Bonchev–Trinajstić information content (AvgIpc) is 2.46. The normalized spacial score (nSPS) is 11.1. The molecule has 0 unspecified atom stereocenters. The number of sulfonamides is 1. The number of rotatable bonds is 5. The van der Waals surface area contributed by atoms with Gasteiger partial charge in [0.25, 0.3) is 10.0 Å². The van der Waals surface area contributed by atoms with Crippen molar-refractivity contribution >= 4 is 43.3 Å². The third-order valence-electron chi connectivity index (χ3n) is 3.08. The van der Waals surface area contributed by atoms with Gasteiger partial charge in [0.2, 0.25) is 0 Å². The van der Waals surface area contributed by atoms with Crippen LogP contribution in [0.5, 0.6) is 0 Å². The van der Waals surface area contributed by atoms with Crippen molar-refractivity contribution in [3.05, 3.63) is 52.5 Å². The van der Waals surface area contributed by atoms with Crippen molar-refractivity contribution in [1.82, 2.24) is 0 Å². The zero-order valence-corrected chi connectivity index (χ0v) is 14.8. The van der Waals surface area contributed by atoms with Crippen LogP contribution in [0.25, 0.3) is 0 Å². The molecule has 0 fully saturated rings. The monoisotopic (exact) mass is 398 g/mol. The molecule has 0 saturated carbocycles. The molecule has 8 heteroatoms. The van der Waals surface area contributed by atoms with E-state index in [2.05, 4.69) is 20.7 Å². The second kappa shape index (κ2) is 6.59. The SMILES string of the molecule is CN(C)c1ccc(NS(=O)(=O)c2ccc(Br)cc2)cc1C(=O)O. The molecule has 6 nitrogen and oxygen atoms in total. The van der Waals surface area contributed by atoms with Crippen LogP contribution in [0.15, 0.2) is 51.8 Å². The Morgan fingerprint density at radius 1 is 1.13 bits per heavy atom. The number of carboxylic acids is 1. The molecule has 23 heavy (non-hydrogen) atoms. The fourth-order valence-electron chi connectivity index (χ4n) is 1.99. The highest BCUT2D eigenvalue weighted by molar-refractivity contribution is 9.10. The van der Waals surface area contributed by atoms with Gasteiger partial charge in [-0.05, 0) is 42.5 Å². The van der Waals surface area contributed by atoms with E-state index in [1.807, 2.05) is 0 Å². The summed E-state index contributed by atoms with van der Waals surface area (Å²) in [5.74, 6) is -1.13. The number of nitrogens with zero attached hydrogens (tertiary/aromatic N) is 1. The molecule has 2 N–H and O–H groups in total. The van der Waals surface area contributed by atoms with Crippen LogP contribution >= 0.6 is 15.9 Å². The molecule has 0 heterocycles. The Labute approximate surface area is 142 Å². The molecule has 0 aliphatic rings. The molecule has 2 rings (SSSR count). The summed E-state index contributed by atoms with van der Waals surface area (Å²) < 4.78 is 27.8. The molecule has 2 aromatic rings. The fraction of sp³-hybridized carbons (Fsp3) is 0.133. The van der Waals surface area contributed by atoms with Crippen LogP contribution in [0.1, 0.15) is 10.4 Å². The summed E-state index contributed by atoms with van der Waals surface area (Å²) in [5.41, 5.74) is 0.700. The Morgan fingerprint density at radius 2 is 1.74 bits per heavy atom. The van der Waals surface area contributed by atoms with Gasteiger partial charge in [0, 0.05) is 24.3 Å². The minimum atomic E-state index is -3.78. The maximum atomic E-state index is 12.3. The molecule has 0 bridgehead atoms. The van der Waals surface area contributed by atoms with Gasteiger partial charge in [-0.25, -0.2) is 13.2 Å². The van der Waals surface area contributed by atoms with E-state index in [0.29, 0.717) is 5.69 Å². The first-order valence-electron chi connectivity index (χ1n) is 6.54. The number of carboxylic acid groups (broad SMARTS) is 1. The van der Waals surface area contributed by atoms with Crippen LogP contribution in [-0.2, 0) is 10.0 Å². The van der Waals surface area contributed by atoms with E-state index >= 15 is 0 Å². The summed E-state index contributed by atoms with van der Waals surface area (Å²) in [5, 5.41) is 9.28. The Kier molecular flexibility index (Phi) is 4.96. The number of hydrogen-bond acceptors (Lipinski definition) is 4. The van der Waals surface area contributed by atoms with Crippen LogP contribution in [0, 0.1) is 0 Å². The van der Waals surface area contributed by atoms with Gasteiger partial charge in [0.05, 0.1) is 16.1 Å². The molecule has 0 saturated heterocycles. The van der Waals surface area contributed by atoms with E-state index in [1.54, 1.807) is 37.2 Å². The molecule has 0 radical (unpaired) electrons. The summed E-state index contributed by atoms with van der Waals surface area (Å²) in [7, 11) is -0.352. The van der Waals surface area contributed by atoms with Crippen LogP contribution in [0.4, 0.5) is 11.4 Å². The van der Waals surface area contributed by atoms with Crippen LogP contribution < -0.4 is 9.62 Å². The van der Waals surface area contributed by atoms with Gasteiger partial charge in [-0.3, -0.25) is 4.72 Å². The van der Waals surface area contributed by atoms with E-state index in [0.717, 1.165) is 4.47 Å². The predicted octanol–water partition coefficient (Wildman–Crippen LogP) is 3.01. The van der Waals surface area contributed by atoms with Gasteiger partial charge in [0.15, 0.2) is 0 Å². The molecule has 2 aromatic carbocycles. The van der Waals surface area contributed by atoms with Crippen molar-refractivity contribution in [2.24, 2.45) is 0 Å². The Bertz CT molecular complexity index is 833. The first-order valence-corrected chi connectivity index (χ1v) is 8.81. The first-order chi connectivity index (χ1) is 10.7. The predicted molar refractivity (Wildman–Crippen MR) is 92.7 cm³/mol. The third kappa shape index (κ3) is 4.02. The van der Waals surface area contributed by atoms with E-state index in [9.17, 15) is 18.3 Å². The topological polar surface area (TPSA) is 86.7 Å². The van der Waals surface area contributed by atoms with Gasteiger partial charge >= 0.3 is 5.97 Å². The van der Waals surface area contributed by atoms with Crippen molar-refractivity contribution in [2.75, 3.05) is 23.7 Å². The lowest BCUT2D eigenvalue weighted by molar-refractivity contribution is 0.0697. The highest BCUT2D eigenvalue weighted by atomic mass is 79.9. The summed E-state index contributed by atoms with van der Waals surface area (Å²) >= 11 is 3.24. The van der Waals surface area contributed by atoms with Crippen LogP contribution in [0.3, 0.4) is 0 Å². The minimum absolute atomic E-state index is 0.0195. The summed E-state index contributed by atoms with van der Waals surface area (Å²) in [6.45, 7) is 0. The third-order valence-corrected chi connectivity index (χ3v) is 5.01. The molecular weight excluding hydrogens is 384 g/mol. The molecule has 122 valence electrons. The van der Waals surface area contributed by atoms with Crippen molar-refractivity contribution in [3.8, 4) is 0 Å². The number of carbonyl (C=O) groups is 1. The average molecular weight is 399 g/mol. The van der Waals surface area contributed by atoms with E-state index in [-0.39, 0.29) is 16.1 Å². The molecule has 0 aliphatic heterocycles. The van der Waals surface area contributed by atoms with Crippen molar-refractivity contribution in [1.29, 1.82) is 0 Å². The molecule has 0 aliphatic carbocycles. The number of nitrogens with one attached hydrogen (secondary N) is 1. The smallest absolute Gasteiger partial charge is 0.337 e. The maximum absolute atomic E-state index is 12.3. The van der Waals surface area contributed by atoms with Crippen LogP contribution in [0.2, 0.25) is 0 Å². The maximum Gasteiger partial charge on any atom is 0.337 e. The fourth-order valence-corrected chi connectivity index (χ4v) is 3.30. The number of benzene rings is 2. The standard InChI is InChI=1S/C15H15BrN2O4S/c1-18(2)14-8-5-11(9-13(14)15(19)20)17-23(21,22)12-6-3-10(16)4-7-12/h3-9,17H,1-2H3,(H,19,20). The quantitative estimate of drug-likeness (QED) is 0.807. The minimum Gasteiger partial charge on any atom is -0.478 e. The largest absolute Gasteiger partial charge is 0.478 e. The summed E-state index contributed by atoms with van der Waals surface area (Å²) in [6, 6.07) is 10.5. The Balaban J connectivity index is 2.38. The molecule has 0 atom stereocenters. The van der Waals surface area contributed by atoms with E-state index in [1.165, 1.54) is 24.3 Å². The van der Waals surface area contributed by atoms with E-state index < -0.39 is 16.0 Å². The lowest BCUT2D eigenvalue weighted by Gasteiger charge is -2.17. The molecule has 0 amide bonds. The molecule has 0 aromatic heterocycles. The Hall–Kier alpha value is -2.06. The van der Waals surface area contributed by atoms with Crippen molar-refractivity contribution in [2.45, 2.75) is 4.90 Å². The summed E-state index contributed by atoms with van der Waals surface area (Å²) in [4.78, 5) is 13.1. The molecule has 0 spiro atoms. The highest BCUT2D eigenvalue weighted by Gasteiger charge is 2.17. The van der Waals surface area contributed by atoms with Crippen molar-refractivity contribution < 1.29 is 18.3 Å². The highest BCUT2D eigenvalue weighted by Crippen LogP contribution is 2.25. The zero-order valence-electron chi connectivity index (χ0n) is 12.4. The number of anilines is 2. The Morgan fingerprint density at radius 3 is 2.26 bits per heavy atom. The zero-order chi connectivity index (χ0) is 17.2. The second-order valence-electron chi connectivity index (χ2n) is 4.99. The van der Waals surface area contributed by atoms with Crippen LogP contribution in [-0.4, -0.2) is 33.6 Å². The number of halogens is 1. The number of hydrogen-bond donors (Lipinski definition) is 2. The first kappa shape index (κ1) is 17.3. The van der Waals surface area contributed by atoms with Gasteiger partial charge in [0.1, 0.15) is 0 Å². The second-order valence-corrected chi connectivity index (χ2v) is 7.59. The van der Waals surface area contributed by atoms with Crippen molar-refractivity contribution in [3.63, 3.8) is 0 Å². The summed E-state index contributed by atoms with van der Waals surface area (Å²) in [6.07, 6.45) is 0. The lowest BCUT2D eigenvalue weighted by Crippen LogP contribution is -2.16. The van der Waals surface area contributed by atoms with Gasteiger partial charge in [-0.1, -0.05) is 15.9 Å². The lowest BCUT2D eigenvalue weighted by atomic mass is 10.1. The van der Waals surface area contributed by atoms with Gasteiger partial charge in [-0.15, -0.1) is 0 Å². The van der Waals surface area contributed by atoms with Gasteiger partial charge < -0.3 is 10.0 Å². The van der Waals surface area contributed by atoms with E-state index in [4.69, 9.17) is 0 Å². The number of aromatic carboxylic acids is 1. The van der Waals surface area contributed by atoms with Gasteiger partial charge in [-0.2, -0.15) is 0 Å².